The molecule has 2 heterocycles. The summed E-state index contributed by atoms with van der Waals surface area (Å²) in [6.45, 7) is 0.964. The van der Waals surface area contributed by atoms with Crippen LogP contribution in [0.4, 0.5) is 25.0 Å². The molecular formula is C24H26F2N4O4S. The van der Waals surface area contributed by atoms with E-state index >= 15 is 0 Å². The molecule has 0 aromatic heterocycles. The number of benzene rings is 2. The summed E-state index contributed by atoms with van der Waals surface area (Å²) >= 11 is 0. The number of hydrogen-bond acceptors (Lipinski definition) is 5. The Balaban J connectivity index is 1.17. The van der Waals surface area contributed by atoms with Crippen molar-refractivity contribution in [3.63, 3.8) is 0 Å². The summed E-state index contributed by atoms with van der Waals surface area (Å²) in [6.07, 6.45) is 2.50. The monoisotopic (exact) mass is 504 g/mol. The molecule has 2 aromatic rings. The lowest BCUT2D eigenvalue weighted by molar-refractivity contribution is 0.0915. The van der Waals surface area contributed by atoms with Gasteiger partial charge in [0.15, 0.2) is 5.78 Å². The average molecular weight is 505 g/mol. The Bertz CT molecular complexity index is 1290. The molecule has 0 unspecified atom stereocenters. The molecule has 0 bridgehead atoms. The third kappa shape index (κ3) is 4.95. The number of carbonyl (C=O) groups excluding carboxylic acids is 2. The van der Waals surface area contributed by atoms with Crippen LogP contribution in [0.2, 0.25) is 0 Å². The van der Waals surface area contributed by atoms with Crippen molar-refractivity contribution in [1.82, 2.24) is 10.2 Å². The number of hydrogen-bond donors (Lipinski definition) is 3. The fraction of sp³-hybridized carbons (Fsp3) is 0.417. The number of anilines is 2. The van der Waals surface area contributed by atoms with Gasteiger partial charge in [0.1, 0.15) is 11.6 Å². The number of Topliss-reactive ketones (excluding diaryl/α,β-unsaturated/α-hetero) is 1. The highest BCUT2D eigenvalue weighted by Crippen LogP contribution is 2.37. The minimum atomic E-state index is -3.60. The molecule has 1 spiro atoms. The standard InChI is InChI=1S/C24H26F2N4O4S/c25-16-2-6-20-18(12-16)22(31)13-24(28-20)7-9-30(10-8-24)23(32)27-14-15-1-5-19(26)21(11-15)29-35(33,34)17-3-4-17/h1-2,5-6,11-12,17,28-29H,3-4,7-10,13-14H2,(H,27,32). The molecule has 35 heavy (non-hydrogen) atoms. The Morgan fingerprint density at radius 3 is 2.57 bits per heavy atom. The van der Waals surface area contributed by atoms with Crippen LogP contribution in [0.25, 0.3) is 0 Å². The number of carbonyl (C=O) groups is 2. The van der Waals surface area contributed by atoms with Crippen molar-refractivity contribution >= 4 is 33.2 Å². The van der Waals surface area contributed by atoms with Crippen LogP contribution in [-0.4, -0.2) is 49.0 Å². The molecule has 3 N–H and O–H groups in total. The van der Waals surface area contributed by atoms with E-state index in [1.165, 1.54) is 30.3 Å². The van der Waals surface area contributed by atoms with Gasteiger partial charge in [0.2, 0.25) is 10.0 Å². The number of fused-ring (bicyclic) bond motifs is 1. The maximum atomic E-state index is 14.1. The van der Waals surface area contributed by atoms with Gasteiger partial charge in [-0.05, 0) is 61.6 Å². The van der Waals surface area contributed by atoms with Crippen molar-refractivity contribution in [3.05, 3.63) is 59.2 Å². The number of piperidine rings is 1. The Kier molecular flexibility index (Phi) is 5.90. The zero-order valence-electron chi connectivity index (χ0n) is 18.9. The number of nitrogens with one attached hydrogen (secondary N) is 3. The normalized spacial score (nSPS) is 19.1. The SMILES string of the molecule is O=C1CC2(CCN(C(=O)NCc3ccc(F)c(NS(=O)(=O)C4CC4)c3)CC2)Nc2ccc(F)cc21. The number of urea groups is 1. The number of ketones is 1. The van der Waals surface area contributed by atoms with E-state index in [1.54, 1.807) is 11.0 Å². The van der Waals surface area contributed by atoms with Crippen LogP contribution < -0.4 is 15.4 Å². The minimum Gasteiger partial charge on any atom is -0.378 e. The van der Waals surface area contributed by atoms with Crippen LogP contribution in [0.1, 0.15) is 48.0 Å². The summed E-state index contributed by atoms with van der Waals surface area (Å²) in [4.78, 5) is 27.0. The van der Waals surface area contributed by atoms with Crippen molar-refractivity contribution in [2.45, 2.75) is 49.4 Å². The van der Waals surface area contributed by atoms with E-state index in [2.05, 4.69) is 15.4 Å². The van der Waals surface area contributed by atoms with Gasteiger partial charge < -0.3 is 15.5 Å². The van der Waals surface area contributed by atoms with Crippen LogP contribution in [-0.2, 0) is 16.6 Å². The van der Waals surface area contributed by atoms with E-state index in [1.807, 2.05) is 0 Å². The quantitative estimate of drug-likeness (QED) is 0.577. The van der Waals surface area contributed by atoms with Gasteiger partial charge in [0, 0.05) is 42.8 Å². The topological polar surface area (TPSA) is 108 Å². The Morgan fingerprint density at radius 2 is 1.86 bits per heavy atom. The smallest absolute Gasteiger partial charge is 0.317 e. The summed E-state index contributed by atoms with van der Waals surface area (Å²) in [6, 6.07) is 7.90. The number of sulfonamides is 1. The lowest BCUT2D eigenvalue weighted by Crippen LogP contribution is -2.55. The van der Waals surface area contributed by atoms with Crippen LogP contribution in [0.5, 0.6) is 0 Å². The molecule has 2 aliphatic heterocycles. The van der Waals surface area contributed by atoms with E-state index in [9.17, 15) is 26.8 Å². The third-order valence-electron chi connectivity index (χ3n) is 6.88. The van der Waals surface area contributed by atoms with Crippen molar-refractivity contribution < 1.29 is 26.8 Å². The first-order valence-corrected chi connectivity index (χ1v) is 13.1. The maximum Gasteiger partial charge on any atom is 0.317 e. The Labute approximate surface area is 202 Å². The molecule has 5 rings (SSSR count). The highest BCUT2D eigenvalue weighted by molar-refractivity contribution is 7.93. The number of rotatable bonds is 5. The number of likely N-dealkylation sites (tertiary alicyclic amines) is 1. The van der Waals surface area contributed by atoms with Crippen LogP contribution >= 0.6 is 0 Å². The van der Waals surface area contributed by atoms with E-state index in [0.29, 0.717) is 55.6 Å². The van der Waals surface area contributed by atoms with Crippen molar-refractivity contribution in [2.75, 3.05) is 23.1 Å². The van der Waals surface area contributed by atoms with Gasteiger partial charge in [-0.25, -0.2) is 22.0 Å². The average Bonchev–Trinajstić information content (AvgIpc) is 3.67. The first-order valence-electron chi connectivity index (χ1n) is 11.6. The van der Waals surface area contributed by atoms with E-state index in [0.717, 1.165) is 0 Å². The van der Waals surface area contributed by atoms with Gasteiger partial charge in [-0.1, -0.05) is 6.07 Å². The van der Waals surface area contributed by atoms with Crippen molar-refractivity contribution in [2.24, 2.45) is 0 Å². The molecule has 2 amide bonds. The second kappa shape index (κ2) is 8.78. The highest BCUT2D eigenvalue weighted by Gasteiger charge is 2.41. The van der Waals surface area contributed by atoms with Gasteiger partial charge in [0.25, 0.3) is 0 Å². The zero-order valence-corrected chi connectivity index (χ0v) is 19.8. The molecule has 1 saturated heterocycles. The van der Waals surface area contributed by atoms with Gasteiger partial charge in [-0.3, -0.25) is 9.52 Å². The molecule has 3 aliphatic rings. The Hall–Kier alpha value is -3.21. The summed E-state index contributed by atoms with van der Waals surface area (Å²) in [5.41, 5.74) is 0.934. The van der Waals surface area contributed by atoms with Crippen LogP contribution in [0.15, 0.2) is 36.4 Å². The zero-order chi connectivity index (χ0) is 24.8. The van der Waals surface area contributed by atoms with Gasteiger partial charge in [-0.2, -0.15) is 0 Å². The number of amides is 2. The van der Waals surface area contributed by atoms with Crippen LogP contribution in [0.3, 0.4) is 0 Å². The van der Waals surface area contributed by atoms with Gasteiger partial charge in [0.05, 0.1) is 10.9 Å². The second-order valence-electron chi connectivity index (χ2n) is 9.50. The molecule has 8 nitrogen and oxygen atoms in total. The lowest BCUT2D eigenvalue weighted by Gasteiger charge is -2.45. The fourth-order valence-electron chi connectivity index (χ4n) is 4.69. The van der Waals surface area contributed by atoms with Crippen molar-refractivity contribution in [1.29, 1.82) is 0 Å². The Morgan fingerprint density at radius 1 is 1.11 bits per heavy atom. The van der Waals surface area contributed by atoms with Crippen molar-refractivity contribution in [3.8, 4) is 0 Å². The first-order chi connectivity index (χ1) is 16.6. The molecule has 11 heteroatoms. The highest BCUT2D eigenvalue weighted by atomic mass is 32.2. The molecule has 2 aromatic carbocycles. The van der Waals surface area contributed by atoms with E-state index in [-0.39, 0.29) is 30.5 Å². The first kappa shape index (κ1) is 23.5. The lowest BCUT2D eigenvalue weighted by atomic mass is 9.78. The maximum absolute atomic E-state index is 14.1. The van der Waals surface area contributed by atoms with Gasteiger partial charge in [-0.15, -0.1) is 0 Å². The molecule has 2 fully saturated rings. The third-order valence-corrected chi connectivity index (χ3v) is 8.73. The fourth-order valence-corrected chi connectivity index (χ4v) is 6.08. The number of halogens is 2. The second-order valence-corrected chi connectivity index (χ2v) is 11.5. The summed E-state index contributed by atoms with van der Waals surface area (Å²) in [5.74, 6) is -1.24. The molecule has 186 valence electrons. The summed E-state index contributed by atoms with van der Waals surface area (Å²) in [5, 5.41) is 5.71. The van der Waals surface area contributed by atoms with Gasteiger partial charge >= 0.3 is 6.03 Å². The molecule has 1 saturated carbocycles. The largest absolute Gasteiger partial charge is 0.378 e. The molecular weight excluding hydrogens is 478 g/mol. The molecule has 1 aliphatic carbocycles. The van der Waals surface area contributed by atoms with Crippen LogP contribution in [0, 0.1) is 11.6 Å². The van der Waals surface area contributed by atoms with E-state index in [4.69, 9.17) is 0 Å². The predicted octanol–water partition coefficient (Wildman–Crippen LogP) is 3.61. The summed E-state index contributed by atoms with van der Waals surface area (Å²) in [7, 11) is -3.60. The predicted molar refractivity (Wildman–Crippen MR) is 127 cm³/mol. The number of nitrogens with zero attached hydrogens (tertiary/aromatic N) is 1. The molecule has 0 radical (unpaired) electrons. The van der Waals surface area contributed by atoms with E-state index < -0.39 is 32.4 Å². The molecule has 0 atom stereocenters. The minimum absolute atomic E-state index is 0.106. The summed E-state index contributed by atoms with van der Waals surface area (Å²) < 4.78 is 54.2.